The number of rotatable bonds is 3. The topological polar surface area (TPSA) is 52.4 Å². The van der Waals surface area contributed by atoms with Crippen LogP contribution in [0.4, 0.5) is 0 Å². The maximum Gasteiger partial charge on any atom is 0.243 e. The van der Waals surface area contributed by atoms with E-state index in [2.05, 4.69) is 0 Å². The van der Waals surface area contributed by atoms with Crippen molar-refractivity contribution in [2.24, 2.45) is 0 Å². The zero-order valence-electron chi connectivity index (χ0n) is 10.2. The van der Waals surface area contributed by atoms with E-state index in [1.807, 2.05) is 36.4 Å². The molecule has 0 heterocycles. The highest BCUT2D eigenvalue weighted by atomic mass is 16.6. The SMILES string of the molecule is COc1ccc2ccccc2c1/C=C(/C)[N+](=O)[O-]. The van der Waals surface area contributed by atoms with Crippen molar-refractivity contribution in [3.05, 3.63) is 57.8 Å². The van der Waals surface area contributed by atoms with Gasteiger partial charge in [0.15, 0.2) is 0 Å². The summed E-state index contributed by atoms with van der Waals surface area (Å²) in [7, 11) is 1.56. The fourth-order valence-electron chi connectivity index (χ4n) is 1.86. The Morgan fingerprint density at radius 2 is 2.00 bits per heavy atom. The molecule has 0 amide bonds. The van der Waals surface area contributed by atoms with Crippen LogP contribution in [0.15, 0.2) is 42.1 Å². The summed E-state index contributed by atoms with van der Waals surface area (Å²) in [5.74, 6) is 0.634. The molecule has 0 unspecified atom stereocenters. The molecule has 2 aromatic carbocycles. The number of benzene rings is 2. The first-order valence-electron chi connectivity index (χ1n) is 5.52. The summed E-state index contributed by atoms with van der Waals surface area (Å²) in [6.45, 7) is 1.47. The molecule has 18 heavy (non-hydrogen) atoms. The molecule has 4 nitrogen and oxygen atoms in total. The fourth-order valence-corrected chi connectivity index (χ4v) is 1.86. The highest BCUT2D eigenvalue weighted by molar-refractivity contribution is 5.93. The van der Waals surface area contributed by atoms with E-state index in [9.17, 15) is 10.1 Å². The number of nitro groups is 1. The third kappa shape index (κ3) is 2.18. The van der Waals surface area contributed by atoms with E-state index >= 15 is 0 Å². The lowest BCUT2D eigenvalue weighted by Crippen LogP contribution is -1.95. The molecule has 0 aliphatic carbocycles. The standard InChI is InChI=1S/C14H13NO3/c1-10(15(16)17)9-13-12-6-4-3-5-11(12)7-8-14(13)18-2/h3-9H,1-2H3/b10-9-. The molecule has 0 aromatic heterocycles. The predicted molar refractivity (Wildman–Crippen MR) is 71.1 cm³/mol. The number of fused-ring (bicyclic) bond motifs is 1. The van der Waals surface area contributed by atoms with Gasteiger partial charge in [-0.25, -0.2) is 0 Å². The Bertz CT molecular complexity index is 632. The minimum absolute atomic E-state index is 0.0876. The smallest absolute Gasteiger partial charge is 0.243 e. The number of allylic oxidation sites excluding steroid dienone is 1. The Morgan fingerprint density at radius 1 is 1.28 bits per heavy atom. The number of hydrogen-bond donors (Lipinski definition) is 0. The van der Waals surface area contributed by atoms with Gasteiger partial charge in [0.25, 0.3) is 0 Å². The van der Waals surface area contributed by atoms with Crippen molar-refractivity contribution in [2.75, 3.05) is 7.11 Å². The summed E-state index contributed by atoms with van der Waals surface area (Å²) in [4.78, 5) is 10.3. The van der Waals surface area contributed by atoms with E-state index in [1.54, 1.807) is 13.2 Å². The fraction of sp³-hybridized carbons (Fsp3) is 0.143. The van der Waals surface area contributed by atoms with Crippen LogP contribution in [-0.4, -0.2) is 12.0 Å². The molecule has 4 heteroatoms. The van der Waals surface area contributed by atoms with Crippen molar-refractivity contribution in [1.29, 1.82) is 0 Å². The quantitative estimate of drug-likeness (QED) is 0.612. The van der Waals surface area contributed by atoms with Gasteiger partial charge in [-0.15, -0.1) is 0 Å². The van der Waals surface area contributed by atoms with Crippen LogP contribution in [0.2, 0.25) is 0 Å². The predicted octanol–water partition coefficient (Wildman–Crippen LogP) is 3.49. The molecular formula is C14H13NO3. The second-order valence-corrected chi connectivity index (χ2v) is 3.95. The molecule has 0 fully saturated rings. The van der Waals surface area contributed by atoms with Gasteiger partial charge < -0.3 is 4.74 Å². The first-order chi connectivity index (χ1) is 8.63. The van der Waals surface area contributed by atoms with Gasteiger partial charge in [0.2, 0.25) is 5.70 Å². The van der Waals surface area contributed by atoms with Gasteiger partial charge in [-0.1, -0.05) is 30.3 Å². The van der Waals surface area contributed by atoms with Crippen LogP contribution in [0.3, 0.4) is 0 Å². The number of ether oxygens (including phenoxy) is 1. The minimum Gasteiger partial charge on any atom is -0.496 e. The third-order valence-electron chi connectivity index (χ3n) is 2.79. The molecule has 0 aliphatic heterocycles. The first kappa shape index (κ1) is 12.1. The molecular weight excluding hydrogens is 230 g/mol. The number of hydrogen-bond acceptors (Lipinski definition) is 3. The first-order valence-corrected chi connectivity index (χ1v) is 5.52. The molecule has 2 rings (SSSR count). The van der Waals surface area contributed by atoms with Crippen molar-refractivity contribution in [1.82, 2.24) is 0 Å². The molecule has 92 valence electrons. The summed E-state index contributed by atoms with van der Waals surface area (Å²) < 4.78 is 5.27. The Balaban J connectivity index is 2.73. The Morgan fingerprint density at radius 3 is 2.67 bits per heavy atom. The van der Waals surface area contributed by atoms with E-state index in [-0.39, 0.29) is 5.70 Å². The van der Waals surface area contributed by atoms with E-state index < -0.39 is 4.92 Å². The maximum atomic E-state index is 10.7. The van der Waals surface area contributed by atoms with Gasteiger partial charge in [-0.3, -0.25) is 10.1 Å². The van der Waals surface area contributed by atoms with E-state index in [0.717, 1.165) is 16.3 Å². The van der Waals surface area contributed by atoms with E-state index in [4.69, 9.17) is 4.74 Å². The molecule has 0 aliphatic rings. The third-order valence-corrected chi connectivity index (χ3v) is 2.79. The van der Waals surface area contributed by atoms with Gasteiger partial charge in [0, 0.05) is 18.6 Å². The Labute approximate surface area is 105 Å². The van der Waals surface area contributed by atoms with Crippen molar-refractivity contribution in [3.8, 4) is 5.75 Å². The summed E-state index contributed by atoms with van der Waals surface area (Å²) in [5.41, 5.74) is 0.828. The monoisotopic (exact) mass is 243 g/mol. The largest absolute Gasteiger partial charge is 0.496 e. The Hall–Kier alpha value is -2.36. The van der Waals surface area contributed by atoms with Crippen LogP contribution >= 0.6 is 0 Å². The second kappa shape index (κ2) is 4.87. The molecule has 2 aromatic rings. The van der Waals surface area contributed by atoms with Gasteiger partial charge >= 0.3 is 0 Å². The van der Waals surface area contributed by atoms with Crippen LogP contribution < -0.4 is 4.74 Å². The van der Waals surface area contributed by atoms with Crippen LogP contribution in [0.5, 0.6) is 5.75 Å². The molecule has 0 saturated heterocycles. The highest BCUT2D eigenvalue weighted by Gasteiger charge is 2.10. The second-order valence-electron chi connectivity index (χ2n) is 3.95. The summed E-state index contributed by atoms with van der Waals surface area (Å²) in [6, 6.07) is 11.5. The van der Waals surface area contributed by atoms with E-state index in [1.165, 1.54) is 6.92 Å². The van der Waals surface area contributed by atoms with Crippen molar-refractivity contribution >= 4 is 16.8 Å². The van der Waals surface area contributed by atoms with Gasteiger partial charge in [-0.2, -0.15) is 0 Å². The van der Waals surface area contributed by atoms with Crippen LogP contribution in [0, 0.1) is 10.1 Å². The Kier molecular flexibility index (Phi) is 3.28. The average Bonchev–Trinajstić information content (AvgIpc) is 2.39. The maximum absolute atomic E-state index is 10.7. The van der Waals surface area contributed by atoms with Crippen LogP contribution in [0.25, 0.3) is 16.8 Å². The van der Waals surface area contributed by atoms with E-state index in [0.29, 0.717) is 5.75 Å². The van der Waals surface area contributed by atoms with Crippen LogP contribution in [-0.2, 0) is 0 Å². The van der Waals surface area contributed by atoms with Crippen LogP contribution in [0.1, 0.15) is 12.5 Å². The summed E-state index contributed by atoms with van der Waals surface area (Å²) in [5, 5.41) is 12.7. The minimum atomic E-state index is -0.402. The van der Waals surface area contributed by atoms with Crippen molar-refractivity contribution in [2.45, 2.75) is 6.92 Å². The highest BCUT2D eigenvalue weighted by Crippen LogP contribution is 2.29. The lowest BCUT2D eigenvalue weighted by atomic mass is 10.0. The van der Waals surface area contributed by atoms with Gasteiger partial charge in [0.05, 0.1) is 12.0 Å². The summed E-state index contributed by atoms with van der Waals surface area (Å²) in [6.07, 6.45) is 1.54. The number of nitrogens with zero attached hydrogens (tertiary/aromatic N) is 1. The normalized spacial score (nSPS) is 11.6. The number of methoxy groups -OCH3 is 1. The lowest BCUT2D eigenvalue weighted by Gasteiger charge is -2.08. The van der Waals surface area contributed by atoms with Crippen molar-refractivity contribution in [3.63, 3.8) is 0 Å². The zero-order chi connectivity index (χ0) is 13.1. The molecule has 0 saturated carbocycles. The zero-order valence-corrected chi connectivity index (χ0v) is 10.2. The summed E-state index contributed by atoms with van der Waals surface area (Å²) >= 11 is 0. The molecule has 0 atom stereocenters. The van der Waals surface area contributed by atoms with Gasteiger partial charge in [-0.05, 0) is 16.8 Å². The average molecular weight is 243 g/mol. The lowest BCUT2D eigenvalue weighted by molar-refractivity contribution is -0.422. The molecule has 0 bridgehead atoms. The molecule has 0 N–H and O–H groups in total. The molecule has 0 spiro atoms. The van der Waals surface area contributed by atoms with Crippen molar-refractivity contribution < 1.29 is 9.66 Å². The molecule has 0 radical (unpaired) electrons. The van der Waals surface area contributed by atoms with Gasteiger partial charge in [0.1, 0.15) is 5.75 Å².